The number of rotatable bonds is 1. The first kappa shape index (κ1) is 13.4. The lowest BCUT2D eigenvalue weighted by Gasteiger charge is -2.21. The van der Waals surface area contributed by atoms with Crippen LogP contribution in [0.2, 0.25) is 0 Å². The Balaban J connectivity index is 1.62. The molecule has 0 spiro atoms. The highest BCUT2D eigenvalue weighted by Gasteiger charge is 2.36. The van der Waals surface area contributed by atoms with E-state index in [2.05, 4.69) is 23.0 Å². The maximum atomic E-state index is 12.9. The van der Waals surface area contributed by atoms with Crippen molar-refractivity contribution in [1.82, 2.24) is 14.9 Å². The molecule has 1 saturated heterocycles. The minimum Gasteiger partial charge on any atom is -0.338 e. The number of carbonyl (C=O) groups excluding carboxylic acids is 1. The van der Waals surface area contributed by atoms with Gasteiger partial charge in [-0.3, -0.25) is 14.8 Å². The Morgan fingerprint density at radius 2 is 2.00 bits per heavy atom. The summed E-state index contributed by atoms with van der Waals surface area (Å²) in [4.78, 5) is 23.6. The number of hydrogen-bond acceptors (Lipinski definition) is 3. The maximum absolute atomic E-state index is 12.9. The van der Waals surface area contributed by atoms with Crippen molar-refractivity contribution in [2.75, 3.05) is 13.1 Å². The van der Waals surface area contributed by atoms with E-state index in [0.29, 0.717) is 22.9 Å². The van der Waals surface area contributed by atoms with Gasteiger partial charge < -0.3 is 4.90 Å². The highest BCUT2D eigenvalue weighted by atomic mass is 16.2. The number of likely N-dealkylation sites (tertiary alicyclic amines) is 1. The Bertz CT molecular complexity index is 763. The lowest BCUT2D eigenvalue weighted by molar-refractivity contribution is 0.0786. The van der Waals surface area contributed by atoms with Gasteiger partial charge >= 0.3 is 0 Å². The standard InChI is InChI=1S/C18H19N3O/c1-12-5-6-13-10-21(11-14(13)9-12)18(22)15-3-2-4-16-17(15)20-8-7-19-16/h2-5,7-8,13-14H,6,9-11H2,1H3/t13-,14+/m0/s1. The van der Waals surface area contributed by atoms with E-state index in [9.17, 15) is 4.79 Å². The molecule has 0 saturated carbocycles. The number of hydrogen-bond donors (Lipinski definition) is 0. The van der Waals surface area contributed by atoms with Crippen LogP contribution in [0.1, 0.15) is 30.1 Å². The van der Waals surface area contributed by atoms with Crippen molar-refractivity contribution in [2.45, 2.75) is 19.8 Å². The third-order valence-electron chi connectivity index (χ3n) is 4.95. The van der Waals surface area contributed by atoms with Crippen molar-refractivity contribution in [2.24, 2.45) is 11.8 Å². The molecule has 2 atom stereocenters. The van der Waals surface area contributed by atoms with Crippen LogP contribution < -0.4 is 0 Å². The normalized spacial score (nSPS) is 24.2. The first-order valence-corrected chi connectivity index (χ1v) is 7.87. The van der Waals surface area contributed by atoms with Crippen molar-refractivity contribution < 1.29 is 4.79 Å². The van der Waals surface area contributed by atoms with Crippen LogP contribution in [0.25, 0.3) is 11.0 Å². The summed E-state index contributed by atoms with van der Waals surface area (Å²) in [6.07, 6.45) is 7.88. The molecule has 2 heterocycles. The number of aromatic nitrogens is 2. The second-order valence-corrected chi connectivity index (χ2v) is 6.45. The Labute approximate surface area is 129 Å². The van der Waals surface area contributed by atoms with Gasteiger partial charge in [0.15, 0.2) is 0 Å². The lowest BCUT2D eigenvalue weighted by atomic mass is 9.83. The molecule has 1 aliphatic carbocycles. The number of para-hydroxylation sites is 1. The van der Waals surface area contributed by atoms with E-state index in [4.69, 9.17) is 0 Å². The number of allylic oxidation sites excluding steroid dienone is 2. The molecule has 4 rings (SSSR count). The SMILES string of the molecule is CC1=CC[C@H]2CN(C(=O)c3cccc4nccnc34)C[C@H]2C1. The summed E-state index contributed by atoms with van der Waals surface area (Å²) in [6.45, 7) is 3.93. The largest absolute Gasteiger partial charge is 0.338 e. The number of amides is 1. The molecule has 0 unspecified atom stereocenters. The van der Waals surface area contributed by atoms with Crippen molar-refractivity contribution in [3.05, 3.63) is 47.8 Å². The molecule has 0 N–H and O–H groups in total. The molecular weight excluding hydrogens is 274 g/mol. The molecule has 22 heavy (non-hydrogen) atoms. The van der Waals surface area contributed by atoms with Crippen molar-refractivity contribution in [1.29, 1.82) is 0 Å². The lowest BCUT2D eigenvalue weighted by Crippen LogP contribution is -2.29. The molecule has 2 aromatic rings. The zero-order chi connectivity index (χ0) is 15.1. The van der Waals surface area contributed by atoms with E-state index >= 15 is 0 Å². The van der Waals surface area contributed by atoms with Crippen LogP contribution in [0.15, 0.2) is 42.2 Å². The Hall–Kier alpha value is -2.23. The molecule has 1 aromatic carbocycles. The zero-order valence-corrected chi connectivity index (χ0v) is 12.7. The first-order chi connectivity index (χ1) is 10.7. The summed E-state index contributed by atoms with van der Waals surface area (Å²) >= 11 is 0. The Morgan fingerprint density at radius 3 is 2.91 bits per heavy atom. The number of fused-ring (bicyclic) bond motifs is 2. The van der Waals surface area contributed by atoms with Crippen LogP contribution in [-0.2, 0) is 0 Å². The fourth-order valence-corrected chi connectivity index (χ4v) is 3.79. The third kappa shape index (κ3) is 2.19. The van der Waals surface area contributed by atoms with Gasteiger partial charge in [-0.05, 0) is 43.7 Å². The van der Waals surface area contributed by atoms with Crippen LogP contribution in [0, 0.1) is 11.8 Å². The highest BCUT2D eigenvalue weighted by Crippen LogP contribution is 2.36. The van der Waals surface area contributed by atoms with Gasteiger partial charge in [0.25, 0.3) is 5.91 Å². The smallest absolute Gasteiger partial charge is 0.256 e. The van der Waals surface area contributed by atoms with Gasteiger partial charge in [-0.25, -0.2) is 0 Å². The number of carbonyl (C=O) groups is 1. The quantitative estimate of drug-likeness (QED) is 0.759. The van der Waals surface area contributed by atoms with Gasteiger partial charge in [0.1, 0.15) is 5.52 Å². The monoisotopic (exact) mass is 293 g/mol. The second-order valence-electron chi connectivity index (χ2n) is 6.45. The first-order valence-electron chi connectivity index (χ1n) is 7.87. The van der Waals surface area contributed by atoms with Crippen LogP contribution >= 0.6 is 0 Å². The second kappa shape index (κ2) is 5.20. The van der Waals surface area contributed by atoms with Gasteiger partial charge in [-0.1, -0.05) is 17.7 Å². The van der Waals surface area contributed by atoms with E-state index in [-0.39, 0.29) is 5.91 Å². The predicted molar refractivity (Wildman–Crippen MR) is 85.4 cm³/mol. The molecule has 2 aliphatic rings. The molecule has 1 fully saturated rings. The fourth-order valence-electron chi connectivity index (χ4n) is 3.79. The summed E-state index contributed by atoms with van der Waals surface area (Å²) in [5.41, 5.74) is 3.63. The fraction of sp³-hybridized carbons (Fsp3) is 0.389. The van der Waals surface area contributed by atoms with E-state index in [1.165, 1.54) is 5.57 Å². The van der Waals surface area contributed by atoms with Crippen LogP contribution in [0.5, 0.6) is 0 Å². The van der Waals surface area contributed by atoms with Gasteiger partial charge in [0.05, 0.1) is 11.1 Å². The van der Waals surface area contributed by atoms with Crippen molar-refractivity contribution in [3.63, 3.8) is 0 Å². The van der Waals surface area contributed by atoms with Crippen LogP contribution in [0.4, 0.5) is 0 Å². The summed E-state index contributed by atoms with van der Waals surface area (Å²) in [5, 5.41) is 0. The van der Waals surface area contributed by atoms with Gasteiger partial charge in [0.2, 0.25) is 0 Å². The summed E-state index contributed by atoms with van der Waals surface area (Å²) in [7, 11) is 0. The van der Waals surface area contributed by atoms with Crippen LogP contribution in [0.3, 0.4) is 0 Å². The van der Waals surface area contributed by atoms with E-state index in [1.54, 1.807) is 12.4 Å². The topological polar surface area (TPSA) is 46.1 Å². The molecule has 0 radical (unpaired) electrons. The average Bonchev–Trinajstić information content (AvgIpc) is 2.96. The van der Waals surface area contributed by atoms with E-state index in [0.717, 1.165) is 31.4 Å². The summed E-state index contributed by atoms with van der Waals surface area (Å²) in [5.74, 6) is 1.34. The Morgan fingerprint density at radius 1 is 1.18 bits per heavy atom. The molecule has 4 heteroatoms. The minimum atomic E-state index is 0.0955. The van der Waals surface area contributed by atoms with Gasteiger partial charge in [-0.2, -0.15) is 0 Å². The van der Waals surface area contributed by atoms with E-state index < -0.39 is 0 Å². The number of nitrogens with zero attached hydrogens (tertiary/aromatic N) is 3. The highest BCUT2D eigenvalue weighted by molar-refractivity contribution is 6.04. The molecule has 1 aliphatic heterocycles. The Kier molecular flexibility index (Phi) is 3.17. The molecule has 4 nitrogen and oxygen atoms in total. The average molecular weight is 293 g/mol. The minimum absolute atomic E-state index is 0.0955. The molecule has 112 valence electrons. The summed E-state index contributed by atoms with van der Waals surface area (Å²) in [6, 6.07) is 5.65. The van der Waals surface area contributed by atoms with Gasteiger partial charge in [0, 0.05) is 25.5 Å². The third-order valence-corrected chi connectivity index (χ3v) is 4.95. The molecule has 1 aromatic heterocycles. The van der Waals surface area contributed by atoms with Crippen molar-refractivity contribution in [3.8, 4) is 0 Å². The molecular formula is C18H19N3O. The van der Waals surface area contributed by atoms with Crippen LogP contribution in [-0.4, -0.2) is 33.9 Å². The van der Waals surface area contributed by atoms with Crippen molar-refractivity contribution >= 4 is 16.9 Å². The predicted octanol–water partition coefficient (Wildman–Crippen LogP) is 3.06. The zero-order valence-electron chi connectivity index (χ0n) is 12.7. The maximum Gasteiger partial charge on any atom is 0.256 e. The van der Waals surface area contributed by atoms with E-state index in [1.807, 2.05) is 23.1 Å². The van der Waals surface area contributed by atoms with Gasteiger partial charge in [-0.15, -0.1) is 0 Å². The molecule has 1 amide bonds. The summed E-state index contributed by atoms with van der Waals surface area (Å²) < 4.78 is 0. The molecule has 0 bridgehead atoms. The number of benzene rings is 1.